The topological polar surface area (TPSA) is 104 Å². The molecule has 8 heteroatoms. The van der Waals surface area contributed by atoms with Crippen molar-refractivity contribution in [2.24, 2.45) is 10.9 Å². The molecule has 0 radical (unpaired) electrons. The normalized spacial score (nSPS) is 12.6. The molecule has 31 heavy (non-hydrogen) atoms. The maximum absolute atomic E-state index is 12.1. The van der Waals surface area contributed by atoms with E-state index >= 15 is 0 Å². The summed E-state index contributed by atoms with van der Waals surface area (Å²) in [6.45, 7) is 13.8. The van der Waals surface area contributed by atoms with Crippen molar-refractivity contribution >= 4 is 23.6 Å². The number of guanidine groups is 1. The maximum Gasteiger partial charge on any atom is 0.407 e. The second kappa shape index (κ2) is 13.5. The molecule has 1 aromatic carbocycles. The van der Waals surface area contributed by atoms with Gasteiger partial charge in [0.05, 0.1) is 6.54 Å². The summed E-state index contributed by atoms with van der Waals surface area (Å²) < 4.78 is 5.21. The molecule has 0 spiro atoms. The minimum absolute atomic E-state index is 0.0176. The fourth-order valence-electron chi connectivity index (χ4n) is 2.51. The third-order valence-corrected chi connectivity index (χ3v) is 4.33. The van der Waals surface area contributed by atoms with Crippen LogP contribution in [0.5, 0.6) is 0 Å². The first-order valence-corrected chi connectivity index (χ1v) is 11.0. The predicted octanol–water partition coefficient (Wildman–Crippen LogP) is 3.64. The summed E-state index contributed by atoms with van der Waals surface area (Å²) in [6.07, 6.45) is 1.13. The molecule has 1 atom stereocenters. The van der Waals surface area contributed by atoms with E-state index in [2.05, 4.69) is 26.3 Å². The van der Waals surface area contributed by atoms with Crippen molar-refractivity contribution in [1.82, 2.24) is 16.0 Å². The zero-order valence-electron chi connectivity index (χ0n) is 19.8. The number of nitrogens with zero attached hydrogens (tertiary/aromatic N) is 1. The van der Waals surface area contributed by atoms with Crippen molar-refractivity contribution < 1.29 is 14.3 Å². The van der Waals surface area contributed by atoms with Gasteiger partial charge in [-0.05, 0) is 58.2 Å². The average Bonchev–Trinajstić information content (AvgIpc) is 2.70. The Labute approximate surface area is 186 Å². The van der Waals surface area contributed by atoms with Gasteiger partial charge in [0.25, 0.3) is 0 Å². The third kappa shape index (κ3) is 11.9. The highest BCUT2D eigenvalue weighted by Gasteiger charge is 2.15. The molecule has 0 aromatic heterocycles. The van der Waals surface area contributed by atoms with Crippen molar-refractivity contribution in [1.29, 1.82) is 0 Å². The number of hydrogen-bond donors (Lipinski definition) is 4. The van der Waals surface area contributed by atoms with Crippen LogP contribution in [0.4, 0.5) is 10.5 Å². The van der Waals surface area contributed by atoms with Crippen LogP contribution in [0.15, 0.2) is 29.3 Å². The van der Waals surface area contributed by atoms with Crippen LogP contribution in [0.1, 0.15) is 59.9 Å². The molecule has 8 nitrogen and oxygen atoms in total. The van der Waals surface area contributed by atoms with Crippen LogP contribution in [0.25, 0.3) is 0 Å². The van der Waals surface area contributed by atoms with E-state index in [1.807, 2.05) is 65.8 Å². The lowest BCUT2D eigenvalue weighted by molar-refractivity contribution is -0.119. The smallest absolute Gasteiger partial charge is 0.407 e. The second-order valence-corrected chi connectivity index (χ2v) is 8.40. The summed E-state index contributed by atoms with van der Waals surface area (Å²) >= 11 is 0. The van der Waals surface area contributed by atoms with Gasteiger partial charge >= 0.3 is 6.09 Å². The van der Waals surface area contributed by atoms with Gasteiger partial charge in [0.1, 0.15) is 5.60 Å². The number of carbonyl (C=O) groups excluding carboxylic acids is 2. The summed E-state index contributed by atoms with van der Waals surface area (Å²) in [5, 5.41) is 12.2. The predicted molar refractivity (Wildman–Crippen MR) is 126 cm³/mol. The summed E-state index contributed by atoms with van der Waals surface area (Å²) in [4.78, 5) is 28.4. The Morgan fingerprint density at radius 2 is 1.81 bits per heavy atom. The van der Waals surface area contributed by atoms with Crippen LogP contribution in [0.2, 0.25) is 0 Å². The number of amides is 2. The second-order valence-electron chi connectivity index (χ2n) is 8.40. The molecule has 1 rings (SSSR count). The molecular weight excluding hydrogens is 394 g/mol. The van der Waals surface area contributed by atoms with E-state index in [1.54, 1.807) is 0 Å². The molecule has 0 aliphatic rings. The van der Waals surface area contributed by atoms with Crippen molar-refractivity contribution in [3.05, 3.63) is 29.8 Å². The van der Waals surface area contributed by atoms with Gasteiger partial charge < -0.3 is 26.0 Å². The highest BCUT2D eigenvalue weighted by molar-refractivity contribution is 5.92. The lowest BCUT2D eigenvalue weighted by Gasteiger charge is -2.19. The number of benzene rings is 1. The first-order valence-electron chi connectivity index (χ1n) is 11.0. The van der Waals surface area contributed by atoms with E-state index in [4.69, 9.17) is 4.74 Å². The molecule has 4 N–H and O–H groups in total. The summed E-state index contributed by atoms with van der Waals surface area (Å²) in [6, 6.07) is 7.73. The standard InChI is InChI=1S/C23H39N5O3/c1-7-17(3)20(29)28-19-12-9-11-18(15-19)16-27-21(24-8-2)25-13-10-14-26-22(30)31-23(4,5)6/h9,11-12,15,17H,7-8,10,13-14,16H2,1-6H3,(H,26,30)(H,28,29)(H2,24,25,27). The molecule has 0 saturated carbocycles. The Bertz CT molecular complexity index is 728. The molecule has 0 fully saturated rings. The van der Waals surface area contributed by atoms with Gasteiger partial charge in [0, 0.05) is 31.2 Å². The average molecular weight is 434 g/mol. The van der Waals surface area contributed by atoms with Crippen LogP contribution < -0.4 is 21.3 Å². The number of aliphatic imine (C=N–C) groups is 1. The van der Waals surface area contributed by atoms with Crippen LogP contribution in [0.3, 0.4) is 0 Å². The number of ether oxygens (including phenoxy) is 1. The Morgan fingerprint density at radius 1 is 1.10 bits per heavy atom. The van der Waals surface area contributed by atoms with Gasteiger partial charge in [-0.1, -0.05) is 26.0 Å². The fraction of sp³-hybridized carbons (Fsp3) is 0.609. The van der Waals surface area contributed by atoms with E-state index in [1.165, 1.54) is 0 Å². The first-order chi connectivity index (χ1) is 14.6. The van der Waals surface area contributed by atoms with Gasteiger partial charge in [-0.25, -0.2) is 9.79 Å². The molecule has 0 saturated heterocycles. The number of carbonyl (C=O) groups is 2. The van der Waals surface area contributed by atoms with E-state index in [9.17, 15) is 9.59 Å². The highest BCUT2D eigenvalue weighted by Crippen LogP contribution is 2.14. The Hall–Kier alpha value is -2.77. The van der Waals surface area contributed by atoms with E-state index < -0.39 is 11.7 Å². The van der Waals surface area contributed by atoms with Crippen molar-refractivity contribution in [3.63, 3.8) is 0 Å². The summed E-state index contributed by atoms with van der Waals surface area (Å²) in [7, 11) is 0. The molecule has 2 amide bonds. The fourth-order valence-corrected chi connectivity index (χ4v) is 2.51. The molecule has 174 valence electrons. The van der Waals surface area contributed by atoms with E-state index in [-0.39, 0.29) is 11.8 Å². The molecule has 0 heterocycles. The first kappa shape index (κ1) is 26.3. The number of rotatable bonds is 10. The van der Waals surface area contributed by atoms with Crippen LogP contribution in [-0.2, 0) is 16.1 Å². The monoisotopic (exact) mass is 433 g/mol. The van der Waals surface area contributed by atoms with Gasteiger partial charge in [-0.15, -0.1) is 0 Å². The van der Waals surface area contributed by atoms with Crippen LogP contribution >= 0.6 is 0 Å². The third-order valence-electron chi connectivity index (χ3n) is 4.33. The molecule has 0 aliphatic heterocycles. The van der Waals surface area contributed by atoms with Crippen molar-refractivity contribution in [3.8, 4) is 0 Å². The minimum Gasteiger partial charge on any atom is -0.444 e. The molecule has 0 aliphatic carbocycles. The largest absolute Gasteiger partial charge is 0.444 e. The minimum atomic E-state index is -0.498. The van der Waals surface area contributed by atoms with Gasteiger partial charge in [0.2, 0.25) is 5.91 Å². The Kier molecular flexibility index (Phi) is 11.5. The number of hydrogen-bond acceptors (Lipinski definition) is 4. The van der Waals surface area contributed by atoms with Gasteiger partial charge in [-0.2, -0.15) is 0 Å². The zero-order chi connectivity index (χ0) is 23.3. The lowest BCUT2D eigenvalue weighted by atomic mass is 10.1. The number of alkyl carbamates (subject to hydrolysis) is 1. The van der Waals surface area contributed by atoms with Crippen LogP contribution in [-0.4, -0.2) is 43.2 Å². The summed E-state index contributed by atoms with van der Waals surface area (Å²) in [5.41, 5.74) is 1.29. The van der Waals surface area contributed by atoms with Crippen LogP contribution in [0, 0.1) is 5.92 Å². The van der Waals surface area contributed by atoms with Gasteiger partial charge in [0.15, 0.2) is 5.96 Å². The quantitative estimate of drug-likeness (QED) is 0.256. The lowest BCUT2D eigenvalue weighted by Crippen LogP contribution is -2.39. The molecular formula is C23H39N5O3. The number of nitrogens with one attached hydrogen (secondary N) is 4. The Morgan fingerprint density at radius 3 is 2.45 bits per heavy atom. The maximum atomic E-state index is 12.1. The zero-order valence-corrected chi connectivity index (χ0v) is 19.8. The van der Waals surface area contributed by atoms with Crippen molar-refractivity contribution in [2.75, 3.05) is 25.0 Å². The number of anilines is 1. The van der Waals surface area contributed by atoms with E-state index in [0.29, 0.717) is 25.6 Å². The highest BCUT2D eigenvalue weighted by atomic mass is 16.6. The van der Waals surface area contributed by atoms with Gasteiger partial charge in [-0.3, -0.25) is 4.79 Å². The molecule has 1 aromatic rings. The summed E-state index contributed by atoms with van der Waals surface area (Å²) in [5.74, 6) is 0.711. The van der Waals surface area contributed by atoms with Crippen molar-refractivity contribution in [2.45, 2.75) is 66.5 Å². The molecule has 1 unspecified atom stereocenters. The van der Waals surface area contributed by atoms with E-state index in [0.717, 1.165) is 30.6 Å². The Balaban J connectivity index is 2.50. The SMILES string of the molecule is CCNC(=NCc1cccc(NC(=O)C(C)CC)c1)NCCCNC(=O)OC(C)(C)C. The molecule has 0 bridgehead atoms.